The fourth-order valence-corrected chi connectivity index (χ4v) is 0.842. The molecule has 1 aromatic carbocycles. The summed E-state index contributed by atoms with van der Waals surface area (Å²) in [4.78, 5) is 0. The number of aryl methyl sites for hydroxylation is 1. The fraction of sp³-hybridized carbons (Fsp3) is 0.100. The number of aromatic hydroxyl groups is 1. The van der Waals surface area contributed by atoms with Gasteiger partial charge in [-0.3, -0.25) is 14.2 Å². The highest BCUT2D eigenvalue weighted by Crippen LogP contribution is 2.17. The second-order valence-corrected chi connectivity index (χ2v) is 4.16. The van der Waals surface area contributed by atoms with Crippen molar-refractivity contribution in [2.24, 2.45) is 0 Å². The number of benzene rings is 1. The predicted molar refractivity (Wildman–Crippen MR) is 70.0 cm³/mol. The maximum absolute atomic E-state index is 9.02. The zero-order chi connectivity index (χ0) is 14.9. The first-order valence-corrected chi connectivity index (χ1v) is 6.28. The quantitative estimate of drug-likeness (QED) is 0.359. The third kappa shape index (κ3) is 12.2. The maximum Gasteiger partial charge on any atom is 0.394 e. The van der Waals surface area contributed by atoms with Gasteiger partial charge in [-0.15, -0.1) is 0 Å². The Morgan fingerprint density at radius 2 is 1.89 bits per heavy atom. The molecule has 1 heterocycles. The van der Waals surface area contributed by atoms with Crippen LogP contribution in [0.5, 0.6) is 5.75 Å². The van der Waals surface area contributed by atoms with Crippen LogP contribution in [-0.2, 0) is 10.4 Å². The van der Waals surface area contributed by atoms with Gasteiger partial charge in [-0.1, -0.05) is 6.07 Å². The summed E-state index contributed by atoms with van der Waals surface area (Å²) in [6.45, 7) is 1.83. The van der Waals surface area contributed by atoms with Crippen LogP contribution in [0.1, 0.15) is 5.56 Å². The fourth-order valence-electron chi connectivity index (χ4n) is 0.842. The summed E-state index contributed by atoms with van der Waals surface area (Å²) >= 11 is 0. The minimum Gasteiger partial charge on any atom is -0.508 e. The van der Waals surface area contributed by atoms with E-state index in [4.69, 9.17) is 28.4 Å². The molecule has 0 aliphatic heterocycles. The second-order valence-electron chi connectivity index (χ2n) is 3.26. The molecule has 1 aromatic heterocycles. The van der Waals surface area contributed by atoms with E-state index in [0.717, 1.165) is 5.56 Å². The maximum atomic E-state index is 9.02. The van der Waals surface area contributed by atoms with Gasteiger partial charge >= 0.3 is 10.4 Å². The minimum atomic E-state index is -4.67. The van der Waals surface area contributed by atoms with Gasteiger partial charge in [0.25, 0.3) is 0 Å². The number of nitrogen functional groups attached to an aromatic ring is 1. The summed E-state index contributed by atoms with van der Waals surface area (Å²) in [5, 5.41) is 15.2. The summed E-state index contributed by atoms with van der Waals surface area (Å²) < 4.78 is 31.6. The van der Waals surface area contributed by atoms with E-state index in [9.17, 15) is 0 Å². The molecule has 2 rings (SSSR count). The normalized spacial score (nSPS) is 9.63. The van der Waals surface area contributed by atoms with Gasteiger partial charge in [-0.05, 0) is 24.6 Å². The Morgan fingerprint density at radius 1 is 1.32 bits per heavy atom. The Hall–Kier alpha value is -2.10. The van der Waals surface area contributed by atoms with E-state index in [1.54, 1.807) is 24.5 Å². The molecule has 106 valence electrons. The number of aromatic amines is 1. The smallest absolute Gasteiger partial charge is 0.394 e. The van der Waals surface area contributed by atoms with Crippen LogP contribution in [0.25, 0.3) is 0 Å². The number of phenolic OH excluding ortho intramolecular Hbond substituents is 1. The Bertz CT molecular complexity index is 544. The Kier molecular flexibility index (Phi) is 7.19. The SMILES string of the molecule is Cc1ccc(N)cc1O.O=S(=O)(O)O.c1cn[nH]c1. The lowest BCUT2D eigenvalue weighted by Crippen LogP contribution is -1.89. The molecule has 9 heteroatoms. The van der Waals surface area contributed by atoms with Gasteiger partial charge < -0.3 is 10.8 Å². The van der Waals surface area contributed by atoms with E-state index in [0.29, 0.717) is 5.69 Å². The van der Waals surface area contributed by atoms with Gasteiger partial charge in [-0.2, -0.15) is 13.5 Å². The molecule has 0 saturated heterocycles. The molecule has 0 saturated carbocycles. The number of H-pyrrole nitrogens is 1. The van der Waals surface area contributed by atoms with Gasteiger partial charge in [0.1, 0.15) is 5.75 Å². The molecule has 19 heavy (non-hydrogen) atoms. The van der Waals surface area contributed by atoms with Crippen molar-refractivity contribution in [3.8, 4) is 5.75 Å². The number of nitrogens with two attached hydrogens (primary N) is 1. The van der Waals surface area contributed by atoms with Crippen molar-refractivity contribution < 1.29 is 22.6 Å². The minimum absolute atomic E-state index is 0.259. The summed E-state index contributed by atoms with van der Waals surface area (Å²) in [6.07, 6.45) is 3.46. The first-order chi connectivity index (χ1) is 8.70. The van der Waals surface area contributed by atoms with Crippen LogP contribution in [0.2, 0.25) is 0 Å². The number of phenols is 1. The molecule has 8 nitrogen and oxygen atoms in total. The van der Waals surface area contributed by atoms with Crippen molar-refractivity contribution >= 4 is 16.1 Å². The largest absolute Gasteiger partial charge is 0.508 e. The number of aromatic nitrogens is 2. The summed E-state index contributed by atoms with van der Waals surface area (Å²) in [7, 11) is -4.67. The third-order valence-corrected chi connectivity index (χ3v) is 1.64. The van der Waals surface area contributed by atoms with Gasteiger partial charge in [-0.25, -0.2) is 0 Å². The number of nitrogens with zero attached hydrogens (tertiary/aromatic N) is 1. The van der Waals surface area contributed by atoms with Crippen molar-refractivity contribution in [3.05, 3.63) is 42.2 Å². The molecule has 6 N–H and O–H groups in total. The topological polar surface area (TPSA) is 150 Å². The van der Waals surface area contributed by atoms with Gasteiger partial charge in [0.2, 0.25) is 0 Å². The Balaban J connectivity index is 0.000000278. The van der Waals surface area contributed by atoms with E-state index in [-0.39, 0.29) is 5.75 Å². The lowest BCUT2D eigenvalue weighted by Gasteiger charge is -1.97. The molecule has 0 unspecified atom stereocenters. The van der Waals surface area contributed by atoms with Crippen LogP contribution in [0.15, 0.2) is 36.7 Å². The van der Waals surface area contributed by atoms with Crippen molar-refractivity contribution in [1.29, 1.82) is 0 Å². The molecule has 0 bridgehead atoms. The number of rotatable bonds is 0. The van der Waals surface area contributed by atoms with Crippen LogP contribution in [0.4, 0.5) is 5.69 Å². The Labute approximate surface area is 110 Å². The van der Waals surface area contributed by atoms with Gasteiger partial charge in [0.05, 0.1) is 0 Å². The van der Waals surface area contributed by atoms with Crippen LogP contribution < -0.4 is 5.73 Å². The molecule has 0 fully saturated rings. The molecular formula is C10H15N3O5S. The first kappa shape index (κ1) is 16.9. The van der Waals surface area contributed by atoms with Crippen LogP contribution >= 0.6 is 0 Å². The average Bonchev–Trinajstić information content (AvgIpc) is 2.80. The van der Waals surface area contributed by atoms with Gasteiger partial charge in [0, 0.05) is 24.1 Å². The zero-order valence-corrected chi connectivity index (χ0v) is 10.9. The highest BCUT2D eigenvalue weighted by Gasteiger charge is 1.92. The molecule has 0 aliphatic carbocycles. The van der Waals surface area contributed by atoms with Crippen LogP contribution in [-0.4, -0.2) is 32.8 Å². The molecule has 0 amide bonds. The number of anilines is 1. The van der Waals surface area contributed by atoms with Crippen LogP contribution in [0.3, 0.4) is 0 Å². The van der Waals surface area contributed by atoms with Crippen LogP contribution in [0, 0.1) is 6.92 Å². The Morgan fingerprint density at radius 3 is 2.16 bits per heavy atom. The second kappa shape index (κ2) is 8.08. The van der Waals surface area contributed by atoms with E-state index in [1.165, 1.54) is 6.07 Å². The summed E-state index contributed by atoms with van der Waals surface area (Å²) in [5.74, 6) is 0.259. The van der Waals surface area contributed by atoms with E-state index in [1.807, 2.05) is 13.0 Å². The van der Waals surface area contributed by atoms with E-state index < -0.39 is 10.4 Å². The highest BCUT2D eigenvalue weighted by molar-refractivity contribution is 7.79. The number of hydrogen-bond acceptors (Lipinski definition) is 5. The lowest BCUT2D eigenvalue weighted by atomic mass is 10.2. The van der Waals surface area contributed by atoms with Crippen molar-refractivity contribution in [1.82, 2.24) is 10.2 Å². The van der Waals surface area contributed by atoms with Gasteiger partial charge in [0.15, 0.2) is 0 Å². The highest BCUT2D eigenvalue weighted by atomic mass is 32.3. The lowest BCUT2D eigenvalue weighted by molar-refractivity contribution is 0.381. The molecule has 2 aromatic rings. The third-order valence-electron chi connectivity index (χ3n) is 1.64. The van der Waals surface area contributed by atoms with Crippen molar-refractivity contribution in [2.75, 3.05) is 5.73 Å². The summed E-state index contributed by atoms with van der Waals surface area (Å²) in [6, 6.07) is 6.91. The molecular weight excluding hydrogens is 274 g/mol. The summed E-state index contributed by atoms with van der Waals surface area (Å²) in [5.41, 5.74) is 6.81. The number of nitrogens with one attached hydrogen (secondary N) is 1. The zero-order valence-electron chi connectivity index (χ0n) is 10.1. The van der Waals surface area contributed by atoms with E-state index >= 15 is 0 Å². The van der Waals surface area contributed by atoms with E-state index in [2.05, 4.69) is 10.2 Å². The number of hydrogen-bond donors (Lipinski definition) is 5. The molecule has 0 atom stereocenters. The predicted octanol–water partition coefficient (Wildman–Crippen LogP) is 1.04. The standard InChI is InChI=1S/C7H9NO.C3H4N2.H2O4S/c1-5-2-3-6(8)4-7(5)9;1-2-4-5-3-1;1-5(2,3)4/h2-4,9H,8H2,1H3;1-3H,(H,4,5);(H2,1,2,3,4). The average molecular weight is 289 g/mol. The van der Waals surface area contributed by atoms with Crippen molar-refractivity contribution in [3.63, 3.8) is 0 Å². The molecule has 0 aliphatic rings. The monoisotopic (exact) mass is 289 g/mol. The molecule has 0 spiro atoms. The first-order valence-electron chi connectivity index (χ1n) is 4.89. The van der Waals surface area contributed by atoms with Crippen molar-refractivity contribution in [2.45, 2.75) is 6.92 Å². The molecule has 0 radical (unpaired) electrons.